The van der Waals surface area contributed by atoms with Crippen molar-refractivity contribution in [2.45, 2.75) is 6.42 Å². The summed E-state index contributed by atoms with van der Waals surface area (Å²) in [6, 6.07) is 6.07. The van der Waals surface area contributed by atoms with Crippen LogP contribution in [0.2, 0.25) is 0 Å². The molecule has 3 rings (SSSR count). The molecule has 0 atom stereocenters. The molecule has 0 aliphatic carbocycles. The van der Waals surface area contributed by atoms with Gasteiger partial charge in [-0.2, -0.15) is 0 Å². The van der Waals surface area contributed by atoms with E-state index in [-0.39, 0.29) is 0 Å². The average molecular weight is 327 g/mol. The number of hydrogen-bond donors (Lipinski definition) is 0. The predicted octanol–water partition coefficient (Wildman–Crippen LogP) is 2.14. The molecule has 0 N–H and O–H groups in total. The van der Waals surface area contributed by atoms with Crippen LogP contribution in [-0.4, -0.2) is 27.8 Å². The van der Waals surface area contributed by atoms with Crippen molar-refractivity contribution in [1.82, 2.24) is 14.6 Å². The first-order valence-corrected chi connectivity index (χ1v) is 6.21. The van der Waals surface area contributed by atoms with Gasteiger partial charge in [-0.05, 0) is 24.1 Å². The smallest absolute Gasteiger partial charge is 0.212 e. The van der Waals surface area contributed by atoms with Crippen LogP contribution < -0.4 is 0 Å². The van der Waals surface area contributed by atoms with Crippen molar-refractivity contribution < 1.29 is 4.74 Å². The van der Waals surface area contributed by atoms with Crippen LogP contribution in [0.25, 0.3) is 11.2 Å². The van der Waals surface area contributed by atoms with Crippen LogP contribution in [0.5, 0.6) is 0 Å². The molecule has 0 fully saturated rings. The molecule has 3 heterocycles. The van der Waals surface area contributed by atoms with Gasteiger partial charge in [0.15, 0.2) is 5.65 Å². The molecular formula is C11H10IN3O. The Morgan fingerprint density at radius 2 is 2.31 bits per heavy atom. The van der Waals surface area contributed by atoms with E-state index in [0.717, 1.165) is 28.2 Å². The first-order valence-electron chi connectivity index (χ1n) is 5.13. The van der Waals surface area contributed by atoms with E-state index in [1.807, 2.05) is 16.6 Å². The molecule has 0 spiro atoms. The summed E-state index contributed by atoms with van der Waals surface area (Å²) in [7, 11) is 0. The highest BCUT2D eigenvalue weighted by atomic mass is 127. The minimum absolute atomic E-state index is 0.692. The molecule has 0 aromatic carbocycles. The van der Waals surface area contributed by atoms with Crippen LogP contribution in [0, 0.1) is 3.83 Å². The molecule has 0 unspecified atom stereocenters. The third-order valence-electron chi connectivity index (χ3n) is 2.63. The summed E-state index contributed by atoms with van der Waals surface area (Å²) in [5.74, 6) is 0. The molecule has 0 saturated carbocycles. The fraction of sp³-hybridized carbons (Fsp3) is 0.273. The lowest BCUT2D eigenvalue weighted by Crippen LogP contribution is -2.07. The number of ether oxygens (including phenoxy) is 1. The van der Waals surface area contributed by atoms with Crippen LogP contribution in [-0.2, 0) is 4.74 Å². The van der Waals surface area contributed by atoms with Gasteiger partial charge in [-0.1, -0.05) is 12.1 Å². The first-order chi connectivity index (χ1) is 7.84. The molecule has 1 aliphatic heterocycles. The molecule has 16 heavy (non-hydrogen) atoms. The fourth-order valence-electron chi connectivity index (χ4n) is 1.88. The number of nitrogens with zero attached hydrogens (tertiary/aromatic N) is 3. The summed E-state index contributed by atoms with van der Waals surface area (Å²) in [6.45, 7) is 1.48. The van der Waals surface area contributed by atoms with Crippen molar-refractivity contribution in [2.75, 3.05) is 13.2 Å². The molecule has 4 nitrogen and oxygen atoms in total. The molecule has 0 bridgehead atoms. The maximum absolute atomic E-state index is 5.32. The SMILES string of the molecule is Ic1nc2cccc(C3=CCOCC3)n2n1. The molecule has 2 aromatic heterocycles. The van der Waals surface area contributed by atoms with E-state index in [0.29, 0.717) is 6.61 Å². The molecule has 0 saturated heterocycles. The summed E-state index contributed by atoms with van der Waals surface area (Å²) < 4.78 is 7.99. The van der Waals surface area contributed by atoms with Crippen molar-refractivity contribution >= 4 is 33.8 Å². The van der Waals surface area contributed by atoms with Crippen molar-refractivity contribution in [2.24, 2.45) is 0 Å². The second-order valence-electron chi connectivity index (χ2n) is 3.62. The van der Waals surface area contributed by atoms with Gasteiger partial charge in [0, 0.05) is 22.6 Å². The molecule has 0 radical (unpaired) electrons. The lowest BCUT2D eigenvalue weighted by Gasteiger charge is -2.14. The van der Waals surface area contributed by atoms with Crippen LogP contribution in [0.4, 0.5) is 0 Å². The van der Waals surface area contributed by atoms with Crippen molar-refractivity contribution in [3.8, 4) is 0 Å². The molecule has 82 valence electrons. The minimum atomic E-state index is 0.692. The van der Waals surface area contributed by atoms with E-state index in [1.54, 1.807) is 0 Å². The van der Waals surface area contributed by atoms with Gasteiger partial charge in [-0.25, -0.2) is 9.50 Å². The third kappa shape index (κ3) is 1.73. The Hall–Kier alpha value is -0.950. The maximum Gasteiger partial charge on any atom is 0.212 e. The van der Waals surface area contributed by atoms with Gasteiger partial charge in [0.05, 0.1) is 18.9 Å². The van der Waals surface area contributed by atoms with Crippen molar-refractivity contribution in [1.29, 1.82) is 0 Å². The standard InChI is InChI=1S/C11H10IN3O/c12-11-13-10-3-1-2-9(15(10)14-11)8-4-6-16-7-5-8/h1-4H,5-7H2. The Balaban J connectivity index is 2.18. The normalized spacial score (nSPS) is 16.4. The van der Waals surface area contributed by atoms with E-state index < -0.39 is 0 Å². The summed E-state index contributed by atoms with van der Waals surface area (Å²) in [4.78, 5) is 4.35. The Morgan fingerprint density at radius 1 is 1.38 bits per heavy atom. The van der Waals surface area contributed by atoms with Crippen molar-refractivity contribution in [3.63, 3.8) is 0 Å². The van der Waals surface area contributed by atoms with E-state index in [1.165, 1.54) is 5.57 Å². The third-order valence-corrected chi connectivity index (χ3v) is 3.08. The van der Waals surface area contributed by atoms with Gasteiger partial charge in [0.2, 0.25) is 3.83 Å². The van der Waals surface area contributed by atoms with Gasteiger partial charge in [0.25, 0.3) is 0 Å². The molecule has 2 aromatic rings. The van der Waals surface area contributed by atoms with Crippen LogP contribution in [0.3, 0.4) is 0 Å². The van der Waals surface area contributed by atoms with Crippen LogP contribution >= 0.6 is 22.6 Å². The second-order valence-corrected chi connectivity index (χ2v) is 4.58. The monoisotopic (exact) mass is 327 g/mol. The summed E-state index contributed by atoms with van der Waals surface area (Å²) >= 11 is 2.13. The number of rotatable bonds is 1. The van der Waals surface area contributed by atoms with E-state index in [9.17, 15) is 0 Å². The zero-order valence-corrected chi connectivity index (χ0v) is 10.7. The van der Waals surface area contributed by atoms with E-state index in [2.05, 4.69) is 44.8 Å². The molecule has 5 heteroatoms. The zero-order chi connectivity index (χ0) is 11.0. The number of hydrogen-bond acceptors (Lipinski definition) is 3. The summed E-state index contributed by atoms with van der Waals surface area (Å²) in [5.41, 5.74) is 3.31. The molecule has 1 aliphatic rings. The Labute approximate surface area is 106 Å². The fourth-order valence-corrected chi connectivity index (χ4v) is 2.34. The highest BCUT2D eigenvalue weighted by Gasteiger charge is 2.11. The molecule has 0 amide bonds. The number of aromatic nitrogens is 3. The van der Waals surface area contributed by atoms with E-state index >= 15 is 0 Å². The maximum atomic E-state index is 5.32. The first kappa shape index (κ1) is 10.2. The van der Waals surface area contributed by atoms with Crippen LogP contribution in [0.1, 0.15) is 12.1 Å². The minimum Gasteiger partial charge on any atom is -0.377 e. The lowest BCUT2D eigenvalue weighted by molar-refractivity contribution is 0.161. The Morgan fingerprint density at radius 3 is 3.12 bits per heavy atom. The average Bonchev–Trinajstić information content (AvgIpc) is 2.70. The lowest BCUT2D eigenvalue weighted by atomic mass is 10.1. The highest BCUT2D eigenvalue weighted by molar-refractivity contribution is 14.1. The predicted molar refractivity (Wildman–Crippen MR) is 69.1 cm³/mol. The number of halogens is 1. The largest absolute Gasteiger partial charge is 0.377 e. The van der Waals surface area contributed by atoms with Gasteiger partial charge in [-0.15, -0.1) is 5.10 Å². The van der Waals surface area contributed by atoms with Gasteiger partial charge >= 0.3 is 0 Å². The van der Waals surface area contributed by atoms with Crippen LogP contribution in [0.15, 0.2) is 24.3 Å². The molecular weight excluding hydrogens is 317 g/mol. The number of fused-ring (bicyclic) bond motifs is 1. The zero-order valence-electron chi connectivity index (χ0n) is 8.56. The highest BCUT2D eigenvalue weighted by Crippen LogP contribution is 2.21. The summed E-state index contributed by atoms with van der Waals surface area (Å²) in [5, 5.41) is 4.40. The van der Waals surface area contributed by atoms with Crippen molar-refractivity contribution in [3.05, 3.63) is 33.8 Å². The quantitative estimate of drug-likeness (QED) is 0.754. The van der Waals surface area contributed by atoms with Gasteiger partial charge < -0.3 is 4.74 Å². The summed E-state index contributed by atoms with van der Waals surface area (Å²) in [6.07, 6.45) is 3.06. The Kier molecular flexibility index (Phi) is 2.64. The Bertz CT molecular complexity index is 561. The number of pyridine rings is 1. The second kappa shape index (κ2) is 4.14. The van der Waals surface area contributed by atoms with E-state index in [4.69, 9.17) is 4.74 Å². The van der Waals surface area contributed by atoms with Gasteiger partial charge in [-0.3, -0.25) is 0 Å². The topological polar surface area (TPSA) is 39.4 Å². The van der Waals surface area contributed by atoms with Gasteiger partial charge in [0.1, 0.15) is 0 Å².